The van der Waals surface area contributed by atoms with Crippen molar-refractivity contribution in [1.29, 1.82) is 0 Å². The standard InChI is InChI=1S/C58H109NO8/c1-3-5-7-9-11-13-15-17-18-19-20-21-22-23-24-25-26-27-28-29-30-31-32-33-34-35-36-38-40-42-44-46-48-54(62)59-51(50-66-58-57(65)56(64)55(63)53(49-60)67-58)52(61)47-45-43-41-39-37-16-14-12-10-8-6-4-2/h10,12,37,39,45,47,51-53,55-58,60-61,63-65H,3-9,11,13-36,38,40-44,46,48-50H2,1-2H3,(H,59,62)/b12-10+,39-37+,47-45+. The smallest absolute Gasteiger partial charge is 0.220 e. The van der Waals surface area contributed by atoms with E-state index in [1.807, 2.05) is 6.08 Å². The zero-order valence-corrected chi connectivity index (χ0v) is 43.7. The van der Waals surface area contributed by atoms with Gasteiger partial charge in [-0.05, 0) is 38.5 Å². The van der Waals surface area contributed by atoms with Gasteiger partial charge in [-0.2, -0.15) is 0 Å². The second kappa shape index (κ2) is 48.1. The maximum Gasteiger partial charge on any atom is 0.220 e. The van der Waals surface area contributed by atoms with Gasteiger partial charge in [-0.25, -0.2) is 0 Å². The van der Waals surface area contributed by atoms with Gasteiger partial charge < -0.3 is 40.3 Å². The molecular formula is C58H109NO8. The molecule has 7 unspecified atom stereocenters. The van der Waals surface area contributed by atoms with Gasteiger partial charge in [0.25, 0.3) is 0 Å². The maximum absolute atomic E-state index is 13.0. The molecule has 1 aliphatic rings. The first kappa shape index (κ1) is 63.4. The van der Waals surface area contributed by atoms with Gasteiger partial charge in [-0.3, -0.25) is 4.79 Å². The van der Waals surface area contributed by atoms with Gasteiger partial charge in [-0.15, -0.1) is 0 Å². The van der Waals surface area contributed by atoms with E-state index in [0.717, 1.165) is 51.4 Å². The Balaban J connectivity index is 2.10. The molecule has 394 valence electrons. The topological polar surface area (TPSA) is 149 Å². The Bertz CT molecular complexity index is 1150. The summed E-state index contributed by atoms with van der Waals surface area (Å²) in [6.45, 7) is 3.72. The molecule has 1 saturated heterocycles. The lowest BCUT2D eigenvalue weighted by atomic mass is 9.99. The van der Waals surface area contributed by atoms with Crippen LogP contribution in [0.5, 0.6) is 0 Å². The second-order valence-electron chi connectivity index (χ2n) is 20.1. The fourth-order valence-corrected chi connectivity index (χ4v) is 9.12. The molecule has 9 heteroatoms. The van der Waals surface area contributed by atoms with Crippen LogP contribution in [0.15, 0.2) is 36.5 Å². The lowest BCUT2D eigenvalue weighted by molar-refractivity contribution is -0.302. The van der Waals surface area contributed by atoms with E-state index >= 15 is 0 Å². The van der Waals surface area contributed by atoms with Crippen LogP contribution in [0, 0.1) is 0 Å². The van der Waals surface area contributed by atoms with Gasteiger partial charge in [0, 0.05) is 6.42 Å². The van der Waals surface area contributed by atoms with E-state index in [-0.39, 0.29) is 12.5 Å². The number of allylic oxidation sites excluding steroid dienone is 5. The van der Waals surface area contributed by atoms with Crippen LogP contribution < -0.4 is 5.32 Å². The molecule has 0 bridgehead atoms. The highest BCUT2D eigenvalue weighted by Crippen LogP contribution is 2.23. The molecule has 0 spiro atoms. The van der Waals surface area contributed by atoms with Gasteiger partial charge >= 0.3 is 0 Å². The van der Waals surface area contributed by atoms with E-state index < -0.39 is 49.5 Å². The average molecular weight is 949 g/mol. The molecule has 0 radical (unpaired) electrons. The summed E-state index contributed by atoms with van der Waals surface area (Å²) in [5, 5.41) is 54.3. The van der Waals surface area contributed by atoms with Crippen LogP contribution in [0.25, 0.3) is 0 Å². The molecule has 0 aromatic carbocycles. The third-order valence-corrected chi connectivity index (χ3v) is 13.7. The third-order valence-electron chi connectivity index (χ3n) is 13.7. The van der Waals surface area contributed by atoms with Crippen LogP contribution in [0.1, 0.15) is 271 Å². The van der Waals surface area contributed by atoms with Crippen LogP contribution in [0.4, 0.5) is 0 Å². The summed E-state index contributed by atoms with van der Waals surface area (Å²) >= 11 is 0. The molecule has 0 aromatic heterocycles. The number of ether oxygens (including phenoxy) is 2. The predicted octanol–water partition coefficient (Wildman–Crippen LogP) is 14.0. The van der Waals surface area contributed by atoms with Crippen molar-refractivity contribution in [3.05, 3.63) is 36.5 Å². The molecule has 1 amide bonds. The summed E-state index contributed by atoms with van der Waals surface area (Å²) in [6, 6.07) is -0.825. The second-order valence-corrected chi connectivity index (χ2v) is 20.1. The fourth-order valence-electron chi connectivity index (χ4n) is 9.12. The number of aliphatic hydroxyl groups is 5. The van der Waals surface area contributed by atoms with Crippen molar-refractivity contribution in [2.24, 2.45) is 0 Å². The first-order valence-corrected chi connectivity index (χ1v) is 28.7. The number of hydrogen-bond donors (Lipinski definition) is 6. The van der Waals surface area contributed by atoms with Crippen LogP contribution in [-0.4, -0.2) is 87.5 Å². The monoisotopic (exact) mass is 948 g/mol. The molecule has 1 fully saturated rings. The van der Waals surface area contributed by atoms with E-state index in [4.69, 9.17) is 9.47 Å². The minimum absolute atomic E-state index is 0.188. The van der Waals surface area contributed by atoms with Gasteiger partial charge in [0.1, 0.15) is 24.4 Å². The lowest BCUT2D eigenvalue weighted by Crippen LogP contribution is -2.60. The van der Waals surface area contributed by atoms with E-state index in [2.05, 4.69) is 43.5 Å². The number of nitrogens with one attached hydrogen (secondary N) is 1. The SMILES string of the molecule is CCCC/C=C/CC/C=C/CC/C=C/C(O)C(COC1OC(CO)C(O)C(O)C1O)NC(=O)CCCCCCCCCCCCCCCCCCCCCCCCCCCCCCCCCC. The van der Waals surface area contributed by atoms with Crippen molar-refractivity contribution in [2.45, 2.75) is 314 Å². The summed E-state index contributed by atoms with van der Waals surface area (Å²) in [6.07, 6.45) is 55.3. The summed E-state index contributed by atoms with van der Waals surface area (Å²) in [5.41, 5.74) is 0. The van der Waals surface area contributed by atoms with E-state index in [9.17, 15) is 30.3 Å². The Morgan fingerprint density at radius 3 is 1.24 bits per heavy atom. The minimum Gasteiger partial charge on any atom is -0.394 e. The van der Waals surface area contributed by atoms with Gasteiger partial charge in [0.15, 0.2) is 6.29 Å². The number of rotatable bonds is 49. The van der Waals surface area contributed by atoms with Crippen molar-refractivity contribution in [3.63, 3.8) is 0 Å². The van der Waals surface area contributed by atoms with E-state index in [1.54, 1.807) is 6.08 Å². The van der Waals surface area contributed by atoms with Crippen molar-refractivity contribution in [2.75, 3.05) is 13.2 Å². The van der Waals surface area contributed by atoms with Crippen LogP contribution in [0.2, 0.25) is 0 Å². The van der Waals surface area contributed by atoms with Gasteiger partial charge in [0.05, 0.1) is 25.4 Å². The van der Waals surface area contributed by atoms with Crippen LogP contribution in [0.3, 0.4) is 0 Å². The number of carbonyl (C=O) groups excluding carboxylic acids is 1. The first-order valence-electron chi connectivity index (χ1n) is 28.7. The maximum atomic E-state index is 13.0. The number of amides is 1. The molecule has 7 atom stereocenters. The van der Waals surface area contributed by atoms with Crippen molar-refractivity contribution in [3.8, 4) is 0 Å². The predicted molar refractivity (Wildman–Crippen MR) is 281 cm³/mol. The summed E-state index contributed by atoms with van der Waals surface area (Å²) < 4.78 is 11.2. The van der Waals surface area contributed by atoms with Gasteiger partial charge in [0.2, 0.25) is 5.91 Å². The van der Waals surface area contributed by atoms with Crippen LogP contribution >= 0.6 is 0 Å². The molecule has 1 rings (SSSR count). The molecule has 0 saturated carbocycles. The van der Waals surface area contributed by atoms with Crippen molar-refractivity contribution in [1.82, 2.24) is 5.32 Å². The number of carbonyl (C=O) groups is 1. The molecule has 9 nitrogen and oxygen atoms in total. The Labute approximate surface area is 412 Å². The van der Waals surface area contributed by atoms with Crippen molar-refractivity contribution < 1.29 is 39.8 Å². The van der Waals surface area contributed by atoms with Crippen molar-refractivity contribution >= 4 is 5.91 Å². The Morgan fingerprint density at radius 1 is 0.493 bits per heavy atom. The normalized spacial score (nSPS) is 19.9. The lowest BCUT2D eigenvalue weighted by Gasteiger charge is -2.40. The molecule has 1 heterocycles. The quantitative estimate of drug-likeness (QED) is 0.0261. The van der Waals surface area contributed by atoms with Crippen LogP contribution in [-0.2, 0) is 14.3 Å². The molecular weight excluding hydrogens is 839 g/mol. The third kappa shape index (κ3) is 37.9. The van der Waals surface area contributed by atoms with E-state index in [1.165, 1.54) is 199 Å². The summed E-state index contributed by atoms with van der Waals surface area (Å²) in [4.78, 5) is 13.0. The Hall–Kier alpha value is -1.59. The number of unbranched alkanes of at least 4 members (excludes halogenated alkanes) is 35. The Kier molecular flexibility index (Phi) is 45.5. The highest BCUT2D eigenvalue weighted by atomic mass is 16.7. The summed E-state index contributed by atoms with van der Waals surface area (Å²) in [5.74, 6) is -0.188. The molecule has 1 aliphatic heterocycles. The number of hydrogen-bond acceptors (Lipinski definition) is 8. The highest BCUT2D eigenvalue weighted by molar-refractivity contribution is 5.76. The summed E-state index contributed by atoms with van der Waals surface area (Å²) in [7, 11) is 0. The van der Waals surface area contributed by atoms with E-state index in [0.29, 0.717) is 6.42 Å². The largest absolute Gasteiger partial charge is 0.394 e. The number of aliphatic hydroxyl groups excluding tert-OH is 5. The average Bonchev–Trinajstić information content (AvgIpc) is 3.33. The first-order chi connectivity index (χ1) is 32.8. The van der Waals surface area contributed by atoms with Gasteiger partial charge in [-0.1, -0.05) is 262 Å². The zero-order chi connectivity index (χ0) is 48.7. The zero-order valence-electron chi connectivity index (χ0n) is 43.7. The molecule has 67 heavy (non-hydrogen) atoms. The minimum atomic E-state index is -1.57. The molecule has 6 N–H and O–H groups in total. The molecule has 0 aromatic rings. The molecule has 0 aliphatic carbocycles. The highest BCUT2D eigenvalue weighted by Gasteiger charge is 2.44. The Morgan fingerprint density at radius 2 is 0.851 bits per heavy atom. The fraction of sp³-hybridized carbons (Fsp3) is 0.879.